The van der Waals surface area contributed by atoms with E-state index in [1.165, 1.54) is 6.39 Å². The number of aryl methyl sites for hydroxylation is 2. The van der Waals surface area contributed by atoms with Gasteiger partial charge in [-0.25, -0.2) is 4.98 Å². The molecule has 0 aliphatic rings. The minimum Gasteiger partial charge on any atom is -0.448 e. The third-order valence-corrected chi connectivity index (χ3v) is 2.42. The number of hydrogen-bond acceptors (Lipinski definition) is 3. The Hall–Kier alpha value is -1.36. The van der Waals surface area contributed by atoms with Gasteiger partial charge in [0.05, 0.1) is 6.54 Å². The van der Waals surface area contributed by atoms with Gasteiger partial charge < -0.3 is 14.0 Å². The van der Waals surface area contributed by atoms with Crippen molar-refractivity contribution in [3.8, 4) is 0 Å². The monoisotopic (exact) mass is 209 g/mol. The highest BCUT2D eigenvalue weighted by atomic mass is 32.1. The molecule has 74 valence electrons. The molecule has 0 aromatic carbocycles. The summed E-state index contributed by atoms with van der Waals surface area (Å²) in [6.45, 7) is 4.53. The van der Waals surface area contributed by atoms with Crippen LogP contribution < -0.4 is 0 Å². The van der Waals surface area contributed by atoms with Crippen molar-refractivity contribution in [3.05, 3.63) is 34.5 Å². The summed E-state index contributed by atoms with van der Waals surface area (Å²) in [4.78, 5) is 7.17. The Morgan fingerprint density at radius 3 is 2.86 bits per heavy atom. The van der Waals surface area contributed by atoms with Crippen molar-refractivity contribution in [3.63, 3.8) is 0 Å². The molecular formula is C9H11N3OS. The van der Waals surface area contributed by atoms with E-state index in [0.29, 0.717) is 11.3 Å². The predicted octanol–water partition coefficient (Wildman–Crippen LogP) is 2.20. The first-order valence-corrected chi connectivity index (χ1v) is 4.72. The molecule has 1 N–H and O–H groups in total. The summed E-state index contributed by atoms with van der Waals surface area (Å²) in [5, 5.41) is 0. The quantitative estimate of drug-likeness (QED) is 0.771. The summed E-state index contributed by atoms with van der Waals surface area (Å²) in [5.74, 6) is 0.839. The Labute approximate surface area is 86.6 Å². The van der Waals surface area contributed by atoms with E-state index in [1.54, 1.807) is 0 Å². The highest BCUT2D eigenvalue weighted by Crippen LogP contribution is 2.08. The fourth-order valence-corrected chi connectivity index (χ4v) is 1.60. The van der Waals surface area contributed by atoms with Crippen molar-refractivity contribution in [1.29, 1.82) is 0 Å². The van der Waals surface area contributed by atoms with E-state index in [1.807, 2.05) is 24.6 Å². The lowest BCUT2D eigenvalue weighted by molar-refractivity contribution is 0.523. The Balaban J connectivity index is 2.31. The molecule has 2 rings (SSSR count). The second-order valence-corrected chi connectivity index (χ2v) is 3.61. The average molecular weight is 209 g/mol. The molecule has 0 saturated carbocycles. The lowest BCUT2D eigenvalue weighted by Crippen LogP contribution is -1.99. The van der Waals surface area contributed by atoms with Crippen LogP contribution in [0.5, 0.6) is 0 Å². The van der Waals surface area contributed by atoms with Gasteiger partial charge in [0.1, 0.15) is 11.5 Å². The van der Waals surface area contributed by atoms with E-state index in [4.69, 9.17) is 16.6 Å². The minimum atomic E-state index is 0.658. The Kier molecular flexibility index (Phi) is 2.25. The first-order chi connectivity index (χ1) is 6.66. The summed E-state index contributed by atoms with van der Waals surface area (Å²) >= 11 is 5.14. The molecule has 14 heavy (non-hydrogen) atoms. The Morgan fingerprint density at radius 2 is 2.36 bits per heavy atom. The summed E-state index contributed by atoms with van der Waals surface area (Å²) in [7, 11) is 0. The van der Waals surface area contributed by atoms with Crippen LogP contribution in [0.15, 0.2) is 17.0 Å². The zero-order valence-electron chi connectivity index (χ0n) is 8.07. The molecule has 0 bridgehead atoms. The van der Waals surface area contributed by atoms with E-state index < -0.39 is 0 Å². The molecule has 2 aromatic rings. The maximum atomic E-state index is 5.14. The molecule has 0 unspecified atom stereocenters. The number of H-pyrrole nitrogens is 1. The van der Waals surface area contributed by atoms with E-state index in [-0.39, 0.29) is 0 Å². The second kappa shape index (κ2) is 3.42. The summed E-state index contributed by atoms with van der Waals surface area (Å²) in [5.41, 5.74) is 1.97. The minimum absolute atomic E-state index is 0.658. The first-order valence-electron chi connectivity index (χ1n) is 4.32. The van der Waals surface area contributed by atoms with E-state index in [2.05, 4.69) is 9.97 Å². The van der Waals surface area contributed by atoms with Crippen LogP contribution in [0.1, 0.15) is 17.1 Å². The van der Waals surface area contributed by atoms with Gasteiger partial charge in [0.15, 0.2) is 11.2 Å². The lowest BCUT2D eigenvalue weighted by atomic mass is 10.3. The van der Waals surface area contributed by atoms with E-state index in [9.17, 15) is 0 Å². The molecule has 2 heterocycles. The molecule has 0 saturated heterocycles. The molecule has 0 radical (unpaired) electrons. The number of oxazole rings is 1. The van der Waals surface area contributed by atoms with Crippen LogP contribution in [0.25, 0.3) is 0 Å². The molecule has 2 aromatic heterocycles. The topological polar surface area (TPSA) is 46.8 Å². The number of hydrogen-bond donors (Lipinski definition) is 1. The summed E-state index contributed by atoms with van der Waals surface area (Å²) in [6.07, 6.45) is 3.42. The van der Waals surface area contributed by atoms with Gasteiger partial charge in [0.2, 0.25) is 0 Å². The van der Waals surface area contributed by atoms with Crippen molar-refractivity contribution in [2.24, 2.45) is 0 Å². The fourth-order valence-electron chi connectivity index (χ4n) is 1.32. The van der Waals surface area contributed by atoms with E-state index in [0.717, 1.165) is 17.1 Å². The fraction of sp³-hybridized carbons (Fsp3) is 0.333. The first kappa shape index (κ1) is 9.21. The largest absolute Gasteiger partial charge is 0.448 e. The van der Waals surface area contributed by atoms with Gasteiger partial charge in [-0.05, 0) is 26.1 Å². The number of nitrogens with one attached hydrogen (secondary N) is 1. The molecule has 0 amide bonds. The summed E-state index contributed by atoms with van der Waals surface area (Å²) < 4.78 is 7.77. The standard InChI is InChI=1S/C9H11N3OS/c1-6-3-12(9(14)11-6)4-8-7(2)13-5-10-8/h3,5H,4H2,1-2H3,(H,11,14). The molecule has 4 nitrogen and oxygen atoms in total. The molecule has 0 aliphatic heterocycles. The van der Waals surface area contributed by atoms with Gasteiger partial charge in [0, 0.05) is 11.9 Å². The number of aromatic amines is 1. The zero-order chi connectivity index (χ0) is 10.1. The molecule has 0 spiro atoms. The van der Waals surface area contributed by atoms with Crippen molar-refractivity contribution >= 4 is 12.2 Å². The maximum Gasteiger partial charge on any atom is 0.181 e. The lowest BCUT2D eigenvalue weighted by Gasteiger charge is -1.98. The smallest absolute Gasteiger partial charge is 0.181 e. The highest BCUT2D eigenvalue weighted by molar-refractivity contribution is 7.71. The van der Waals surface area contributed by atoms with Crippen molar-refractivity contribution < 1.29 is 4.42 Å². The van der Waals surface area contributed by atoms with Crippen LogP contribution >= 0.6 is 12.2 Å². The molecular weight excluding hydrogens is 198 g/mol. The molecule has 0 aliphatic carbocycles. The van der Waals surface area contributed by atoms with Crippen molar-refractivity contribution in [2.45, 2.75) is 20.4 Å². The molecule has 5 heteroatoms. The van der Waals surface area contributed by atoms with Crippen LogP contribution in [-0.2, 0) is 6.54 Å². The maximum absolute atomic E-state index is 5.14. The Morgan fingerprint density at radius 1 is 1.57 bits per heavy atom. The van der Waals surface area contributed by atoms with Crippen molar-refractivity contribution in [1.82, 2.24) is 14.5 Å². The van der Waals surface area contributed by atoms with Crippen LogP contribution in [0.3, 0.4) is 0 Å². The number of nitrogens with zero attached hydrogens (tertiary/aromatic N) is 2. The number of aromatic nitrogens is 3. The van der Waals surface area contributed by atoms with Crippen LogP contribution in [0, 0.1) is 18.6 Å². The zero-order valence-corrected chi connectivity index (χ0v) is 8.89. The van der Waals surface area contributed by atoms with Crippen molar-refractivity contribution in [2.75, 3.05) is 0 Å². The SMILES string of the molecule is Cc1cn(Cc2ncoc2C)c(=S)[nH]1. The third kappa shape index (κ3) is 1.63. The molecule has 0 atom stereocenters. The average Bonchev–Trinajstić information content (AvgIpc) is 2.62. The van der Waals surface area contributed by atoms with Gasteiger partial charge in [-0.3, -0.25) is 0 Å². The molecule has 0 fully saturated rings. The number of rotatable bonds is 2. The van der Waals surface area contributed by atoms with Gasteiger partial charge in [-0.2, -0.15) is 0 Å². The van der Waals surface area contributed by atoms with Crippen LogP contribution in [-0.4, -0.2) is 14.5 Å². The van der Waals surface area contributed by atoms with E-state index >= 15 is 0 Å². The normalized spacial score (nSPS) is 10.7. The van der Waals surface area contributed by atoms with Crippen LogP contribution in [0.4, 0.5) is 0 Å². The van der Waals surface area contributed by atoms with Gasteiger partial charge in [0.25, 0.3) is 0 Å². The van der Waals surface area contributed by atoms with Gasteiger partial charge in [-0.1, -0.05) is 0 Å². The number of imidazole rings is 1. The van der Waals surface area contributed by atoms with Gasteiger partial charge in [-0.15, -0.1) is 0 Å². The Bertz CT molecular complexity index is 494. The second-order valence-electron chi connectivity index (χ2n) is 3.23. The van der Waals surface area contributed by atoms with Gasteiger partial charge >= 0.3 is 0 Å². The summed E-state index contributed by atoms with van der Waals surface area (Å²) in [6, 6.07) is 0. The highest BCUT2D eigenvalue weighted by Gasteiger charge is 2.04. The van der Waals surface area contributed by atoms with Crippen LogP contribution in [0.2, 0.25) is 0 Å². The third-order valence-electron chi connectivity index (χ3n) is 2.08. The predicted molar refractivity (Wildman–Crippen MR) is 54.7 cm³/mol.